The van der Waals surface area contributed by atoms with Gasteiger partial charge in [-0.1, -0.05) is 81.4 Å². The molecule has 2 aliphatic rings. The highest BCUT2D eigenvalue weighted by Gasteiger charge is 2.50. The van der Waals surface area contributed by atoms with E-state index in [1.807, 2.05) is 0 Å². The summed E-state index contributed by atoms with van der Waals surface area (Å²) in [6.45, 7) is 9.64. The maximum Gasteiger partial charge on any atom is 0.346 e. The van der Waals surface area contributed by atoms with Crippen molar-refractivity contribution in [3.05, 3.63) is 60.7 Å². The van der Waals surface area contributed by atoms with Gasteiger partial charge in [0, 0.05) is 25.7 Å². The standard InChI is InChI=1S/C31H43N3O5Si/c1-31(2,3)40(26-12-6-4-7-13-26,27-14-8-5-9-15-27)39-23-25-19-21-34-20-18-24(32-30(34)33-25)22-38-29(37)17-11-10-16-28(35)36/h4-9,12-15,24-25H,10-11,16-23H2,1-3H3,(H2,32,33,35,36)/p+1/t24-,25-/m0/s1. The molecule has 3 N–H and O–H groups in total. The van der Waals surface area contributed by atoms with E-state index < -0.39 is 14.3 Å². The quantitative estimate of drug-likeness (QED) is 0.157. The summed E-state index contributed by atoms with van der Waals surface area (Å²) in [7, 11) is -2.61. The Bertz CT molecular complexity index is 1130. The number of carboxylic acid groups (broad SMARTS) is 1. The van der Waals surface area contributed by atoms with Crippen molar-refractivity contribution in [3.63, 3.8) is 0 Å². The summed E-state index contributed by atoms with van der Waals surface area (Å²) in [5.74, 6) is -0.125. The van der Waals surface area contributed by atoms with Crippen LogP contribution in [0.2, 0.25) is 5.04 Å². The molecule has 0 aliphatic carbocycles. The van der Waals surface area contributed by atoms with Crippen LogP contribution in [0.5, 0.6) is 0 Å². The molecule has 0 spiro atoms. The number of carbonyl (C=O) groups is 2. The fourth-order valence-electron chi connectivity index (χ4n) is 5.76. The monoisotopic (exact) mass is 566 g/mol. The number of esters is 1. The van der Waals surface area contributed by atoms with Crippen LogP contribution < -0.4 is 21.0 Å². The number of carboxylic acids is 1. The lowest BCUT2D eigenvalue weighted by atomic mass is 10.1. The largest absolute Gasteiger partial charge is 0.481 e. The van der Waals surface area contributed by atoms with Crippen LogP contribution in [-0.4, -0.2) is 74.3 Å². The number of guanidine groups is 1. The highest BCUT2D eigenvalue weighted by Crippen LogP contribution is 2.37. The third-order valence-corrected chi connectivity index (χ3v) is 12.9. The summed E-state index contributed by atoms with van der Waals surface area (Å²) in [6.07, 6.45) is 3.23. The zero-order valence-corrected chi connectivity index (χ0v) is 25.0. The Morgan fingerprint density at radius 1 is 0.875 bits per heavy atom. The van der Waals surface area contributed by atoms with E-state index in [4.69, 9.17) is 14.3 Å². The molecule has 8 nitrogen and oxygen atoms in total. The average Bonchev–Trinajstić information content (AvgIpc) is 2.94. The molecule has 9 heteroatoms. The Balaban J connectivity index is 1.38. The molecule has 0 amide bonds. The summed E-state index contributed by atoms with van der Waals surface area (Å²) < 4.78 is 15.0. The number of benzene rings is 2. The van der Waals surface area contributed by atoms with Crippen LogP contribution in [0.1, 0.15) is 59.3 Å². The smallest absolute Gasteiger partial charge is 0.346 e. The molecule has 216 valence electrons. The van der Waals surface area contributed by atoms with Gasteiger partial charge in [-0.25, -0.2) is 0 Å². The number of hydrogen-bond donors (Lipinski definition) is 3. The van der Waals surface area contributed by atoms with E-state index in [9.17, 15) is 9.59 Å². The van der Waals surface area contributed by atoms with Gasteiger partial charge in [0.25, 0.3) is 8.32 Å². The molecule has 2 atom stereocenters. The lowest BCUT2D eigenvalue weighted by Gasteiger charge is -2.44. The minimum Gasteiger partial charge on any atom is -0.481 e. The summed E-state index contributed by atoms with van der Waals surface area (Å²) in [6, 6.07) is 21.6. The van der Waals surface area contributed by atoms with Crippen molar-refractivity contribution in [2.45, 2.75) is 76.4 Å². The first-order valence-corrected chi connectivity index (χ1v) is 16.4. The van der Waals surface area contributed by atoms with Gasteiger partial charge < -0.3 is 14.3 Å². The van der Waals surface area contributed by atoms with Gasteiger partial charge in [0.1, 0.15) is 12.6 Å². The Kier molecular flexibility index (Phi) is 10.0. The average molecular weight is 567 g/mol. The van der Waals surface area contributed by atoms with Crippen molar-refractivity contribution in [1.29, 1.82) is 0 Å². The van der Waals surface area contributed by atoms with Crippen molar-refractivity contribution in [2.75, 3.05) is 26.3 Å². The fourth-order valence-corrected chi connectivity index (χ4v) is 10.4. The molecule has 0 saturated carbocycles. The number of nitrogens with zero attached hydrogens (tertiary/aromatic N) is 1. The van der Waals surface area contributed by atoms with Gasteiger partial charge in [0.2, 0.25) is 0 Å². The molecule has 0 fully saturated rings. The maximum absolute atomic E-state index is 12.1. The van der Waals surface area contributed by atoms with Crippen molar-refractivity contribution < 1.29 is 28.4 Å². The van der Waals surface area contributed by atoms with Crippen molar-refractivity contribution >= 4 is 36.6 Å². The predicted octanol–water partition coefficient (Wildman–Crippen LogP) is 2.84. The molecule has 2 aromatic rings. The fraction of sp³-hybridized carbons (Fsp3) is 0.516. The third-order valence-electron chi connectivity index (χ3n) is 7.88. The van der Waals surface area contributed by atoms with Crippen LogP contribution in [0.25, 0.3) is 0 Å². The van der Waals surface area contributed by atoms with Crippen molar-refractivity contribution in [2.24, 2.45) is 0 Å². The van der Waals surface area contributed by atoms with Crippen LogP contribution in [0, 0.1) is 0 Å². The van der Waals surface area contributed by atoms with E-state index >= 15 is 0 Å². The molecule has 0 bridgehead atoms. The second kappa shape index (κ2) is 13.5. The Hall–Kier alpha value is -3.17. The van der Waals surface area contributed by atoms with E-state index in [-0.39, 0.29) is 35.9 Å². The lowest BCUT2D eigenvalue weighted by molar-refractivity contribution is -0.543. The Labute approximate surface area is 238 Å². The molecular formula is C31H44N3O5Si+. The predicted molar refractivity (Wildman–Crippen MR) is 159 cm³/mol. The first kappa shape index (κ1) is 29.8. The highest BCUT2D eigenvalue weighted by atomic mass is 28.4. The SMILES string of the molecule is CC(C)(C)[Si](OC[C@@H]1CC[N+]2=C(N[C@H](COC(=O)CCCCC(=O)O)CC2)N1)(c1ccccc1)c1ccccc1. The Morgan fingerprint density at radius 3 is 1.93 bits per heavy atom. The van der Waals surface area contributed by atoms with Crippen molar-refractivity contribution in [1.82, 2.24) is 10.6 Å². The van der Waals surface area contributed by atoms with Gasteiger partial charge in [-0.15, -0.1) is 0 Å². The second-order valence-corrected chi connectivity index (χ2v) is 16.2. The van der Waals surface area contributed by atoms with Gasteiger partial charge in [0.15, 0.2) is 0 Å². The molecular weight excluding hydrogens is 522 g/mol. The number of unbranched alkanes of at least 4 members (excludes halogenated alkanes) is 1. The van der Waals surface area contributed by atoms with E-state index in [2.05, 4.69) is 96.6 Å². The normalized spacial score (nSPS) is 19.3. The molecule has 0 aromatic heterocycles. The summed E-state index contributed by atoms with van der Waals surface area (Å²) >= 11 is 0. The first-order chi connectivity index (χ1) is 19.2. The van der Waals surface area contributed by atoms with Gasteiger partial charge >= 0.3 is 17.9 Å². The molecule has 4 rings (SSSR count). The molecule has 0 unspecified atom stereocenters. The second-order valence-electron chi connectivity index (χ2n) is 11.9. The highest BCUT2D eigenvalue weighted by molar-refractivity contribution is 6.99. The van der Waals surface area contributed by atoms with Gasteiger partial charge in [-0.05, 0) is 28.3 Å². The number of hydrogen-bond acceptors (Lipinski definition) is 6. The summed E-state index contributed by atoms with van der Waals surface area (Å²) in [5, 5.41) is 18.4. The van der Waals surface area contributed by atoms with Gasteiger partial charge in [-0.3, -0.25) is 24.8 Å². The topological polar surface area (TPSA) is 99.9 Å². The van der Waals surface area contributed by atoms with E-state index in [1.165, 1.54) is 10.4 Å². The summed E-state index contributed by atoms with van der Waals surface area (Å²) in [5.41, 5.74) is 0. The van der Waals surface area contributed by atoms with Crippen LogP contribution in [0.3, 0.4) is 0 Å². The molecule has 0 saturated heterocycles. The molecule has 40 heavy (non-hydrogen) atoms. The van der Waals surface area contributed by atoms with Crippen LogP contribution in [-0.2, 0) is 18.8 Å². The van der Waals surface area contributed by atoms with Crippen LogP contribution in [0.15, 0.2) is 60.7 Å². The number of rotatable bonds is 12. The molecule has 2 heterocycles. The van der Waals surface area contributed by atoms with E-state index in [0.717, 1.165) is 31.9 Å². The maximum atomic E-state index is 12.1. The minimum atomic E-state index is -2.61. The number of carbonyl (C=O) groups excluding carboxylic acids is 1. The van der Waals surface area contributed by atoms with Crippen LogP contribution >= 0.6 is 0 Å². The number of ether oxygens (including phenoxy) is 1. The van der Waals surface area contributed by atoms with E-state index in [0.29, 0.717) is 26.1 Å². The van der Waals surface area contributed by atoms with Gasteiger partial charge in [0.05, 0.1) is 25.7 Å². The molecule has 2 aliphatic heterocycles. The third kappa shape index (κ3) is 7.31. The van der Waals surface area contributed by atoms with Crippen LogP contribution in [0.4, 0.5) is 0 Å². The minimum absolute atomic E-state index is 0.0399. The molecule has 0 radical (unpaired) electrons. The number of nitrogens with one attached hydrogen (secondary N) is 2. The van der Waals surface area contributed by atoms with E-state index in [1.54, 1.807) is 0 Å². The first-order valence-electron chi connectivity index (χ1n) is 14.5. The lowest BCUT2D eigenvalue weighted by Crippen LogP contribution is -2.68. The zero-order valence-electron chi connectivity index (χ0n) is 24.0. The number of aliphatic carboxylic acids is 1. The zero-order chi connectivity index (χ0) is 28.6. The van der Waals surface area contributed by atoms with Crippen molar-refractivity contribution in [3.8, 4) is 0 Å². The van der Waals surface area contributed by atoms with Gasteiger partial charge in [-0.2, -0.15) is 0 Å². The summed E-state index contributed by atoms with van der Waals surface area (Å²) in [4.78, 5) is 22.8. The Morgan fingerprint density at radius 2 is 1.40 bits per heavy atom. The molecule has 2 aromatic carbocycles.